The lowest BCUT2D eigenvalue weighted by Gasteiger charge is -2.36. The standard InChI is InChI=1S/C24H25FN2O3/c1-16(2)30-21-10-9-20(17-6-5-13-26-22(17)21)27-23(28)24(11-14-29-15-12-24)18-7-3-4-8-19(18)25/h3-10,13,16H,11-12,14-15H2,1-2H3,(H,27,28). The van der Waals surface area contributed by atoms with E-state index in [1.165, 1.54) is 6.07 Å². The van der Waals surface area contributed by atoms with Gasteiger partial charge in [-0.25, -0.2) is 4.39 Å². The van der Waals surface area contributed by atoms with Crippen molar-refractivity contribution in [3.05, 3.63) is 66.1 Å². The molecule has 1 amide bonds. The first-order valence-electron chi connectivity index (χ1n) is 10.2. The number of nitrogens with one attached hydrogen (secondary N) is 1. The van der Waals surface area contributed by atoms with E-state index >= 15 is 0 Å². The van der Waals surface area contributed by atoms with Crippen molar-refractivity contribution in [2.45, 2.75) is 38.2 Å². The van der Waals surface area contributed by atoms with Crippen LogP contribution < -0.4 is 10.1 Å². The first-order chi connectivity index (χ1) is 14.5. The highest BCUT2D eigenvalue weighted by Gasteiger charge is 2.43. The van der Waals surface area contributed by atoms with Gasteiger partial charge in [-0.3, -0.25) is 9.78 Å². The number of benzene rings is 2. The van der Waals surface area contributed by atoms with E-state index in [0.29, 0.717) is 48.6 Å². The maximum atomic E-state index is 14.7. The summed E-state index contributed by atoms with van der Waals surface area (Å²) in [4.78, 5) is 18.0. The van der Waals surface area contributed by atoms with Crippen molar-refractivity contribution >= 4 is 22.5 Å². The first kappa shape index (κ1) is 20.3. The van der Waals surface area contributed by atoms with Crippen molar-refractivity contribution in [1.82, 2.24) is 4.98 Å². The summed E-state index contributed by atoms with van der Waals surface area (Å²) in [7, 11) is 0. The summed E-state index contributed by atoms with van der Waals surface area (Å²) in [6.45, 7) is 4.72. The lowest BCUT2D eigenvalue weighted by molar-refractivity contribution is -0.125. The van der Waals surface area contributed by atoms with Crippen LogP contribution in [0.5, 0.6) is 5.75 Å². The van der Waals surface area contributed by atoms with E-state index < -0.39 is 5.41 Å². The lowest BCUT2D eigenvalue weighted by atomic mass is 9.73. The summed E-state index contributed by atoms with van der Waals surface area (Å²) >= 11 is 0. The van der Waals surface area contributed by atoms with Gasteiger partial charge in [-0.1, -0.05) is 18.2 Å². The Morgan fingerprint density at radius 3 is 2.63 bits per heavy atom. The minimum Gasteiger partial charge on any atom is -0.489 e. The monoisotopic (exact) mass is 408 g/mol. The second-order valence-corrected chi connectivity index (χ2v) is 7.81. The average molecular weight is 408 g/mol. The Morgan fingerprint density at radius 2 is 1.90 bits per heavy atom. The molecule has 1 aromatic heterocycles. The van der Waals surface area contributed by atoms with Gasteiger partial charge in [-0.15, -0.1) is 0 Å². The Labute approximate surface area is 175 Å². The summed E-state index contributed by atoms with van der Waals surface area (Å²) < 4.78 is 26.0. The largest absolute Gasteiger partial charge is 0.489 e. The van der Waals surface area contributed by atoms with Crippen LogP contribution in [-0.4, -0.2) is 30.2 Å². The Bertz CT molecular complexity index is 1060. The third kappa shape index (κ3) is 3.75. The second-order valence-electron chi connectivity index (χ2n) is 7.81. The molecule has 0 bridgehead atoms. The van der Waals surface area contributed by atoms with Crippen LogP contribution in [0.4, 0.5) is 10.1 Å². The molecule has 0 radical (unpaired) electrons. The first-order valence-corrected chi connectivity index (χ1v) is 10.2. The predicted octanol–water partition coefficient (Wildman–Crippen LogP) is 4.85. The van der Waals surface area contributed by atoms with E-state index in [9.17, 15) is 9.18 Å². The fourth-order valence-electron chi connectivity index (χ4n) is 4.03. The number of pyridine rings is 1. The van der Waals surface area contributed by atoms with Crippen LogP contribution >= 0.6 is 0 Å². The zero-order valence-electron chi connectivity index (χ0n) is 17.2. The summed E-state index contributed by atoms with van der Waals surface area (Å²) in [6, 6.07) is 13.8. The number of carbonyl (C=O) groups is 1. The average Bonchev–Trinajstić information content (AvgIpc) is 2.76. The maximum absolute atomic E-state index is 14.7. The van der Waals surface area contributed by atoms with Crippen molar-refractivity contribution < 1.29 is 18.7 Å². The van der Waals surface area contributed by atoms with E-state index in [2.05, 4.69) is 10.3 Å². The molecule has 1 fully saturated rings. The fourth-order valence-corrected chi connectivity index (χ4v) is 4.03. The summed E-state index contributed by atoms with van der Waals surface area (Å²) in [5.41, 5.74) is 0.732. The predicted molar refractivity (Wildman–Crippen MR) is 114 cm³/mol. The van der Waals surface area contributed by atoms with Crippen molar-refractivity contribution in [3.8, 4) is 5.75 Å². The van der Waals surface area contributed by atoms with E-state index in [1.54, 1.807) is 24.4 Å². The molecule has 1 N–H and O–H groups in total. The SMILES string of the molecule is CC(C)Oc1ccc(NC(=O)C2(c3ccccc3F)CCOCC2)c2cccnc12. The van der Waals surface area contributed by atoms with Crippen LogP contribution in [0, 0.1) is 5.82 Å². The normalized spacial score (nSPS) is 15.9. The Kier molecular flexibility index (Phi) is 5.68. The highest BCUT2D eigenvalue weighted by atomic mass is 19.1. The second kappa shape index (κ2) is 8.40. The number of amides is 1. The molecule has 5 nitrogen and oxygen atoms in total. The summed E-state index contributed by atoms with van der Waals surface area (Å²) in [6.07, 6.45) is 2.54. The number of aromatic nitrogens is 1. The molecule has 2 aromatic carbocycles. The molecule has 0 unspecified atom stereocenters. The van der Waals surface area contributed by atoms with Crippen LogP contribution in [0.1, 0.15) is 32.3 Å². The molecule has 30 heavy (non-hydrogen) atoms. The summed E-state index contributed by atoms with van der Waals surface area (Å²) in [5, 5.41) is 3.82. The Hall–Kier alpha value is -2.99. The van der Waals surface area contributed by atoms with Gasteiger partial charge in [0.2, 0.25) is 5.91 Å². The molecule has 3 aromatic rings. The van der Waals surface area contributed by atoms with Gasteiger partial charge in [0.1, 0.15) is 17.1 Å². The van der Waals surface area contributed by atoms with Gasteiger partial charge >= 0.3 is 0 Å². The minimum atomic E-state index is -0.981. The molecule has 0 aliphatic carbocycles. The molecule has 0 spiro atoms. The van der Waals surface area contributed by atoms with E-state index in [1.807, 2.05) is 38.1 Å². The molecule has 156 valence electrons. The van der Waals surface area contributed by atoms with E-state index in [0.717, 1.165) is 5.39 Å². The molecule has 0 saturated carbocycles. The number of carbonyl (C=O) groups excluding carboxylic acids is 1. The third-order valence-corrected chi connectivity index (χ3v) is 5.51. The summed E-state index contributed by atoms with van der Waals surface area (Å²) in [5.74, 6) is 0.0498. The quantitative estimate of drug-likeness (QED) is 0.656. The molecule has 0 atom stereocenters. The molecule has 6 heteroatoms. The number of halogens is 1. The van der Waals surface area contributed by atoms with Gasteiger partial charge in [0, 0.05) is 30.4 Å². The Morgan fingerprint density at radius 1 is 1.13 bits per heavy atom. The smallest absolute Gasteiger partial charge is 0.235 e. The van der Waals surface area contributed by atoms with Gasteiger partial charge in [0.25, 0.3) is 0 Å². The molecular weight excluding hydrogens is 383 g/mol. The molecule has 1 saturated heterocycles. The van der Waals surface area contributed by atoms with Crippen molar-refractivity contribution in [1.29, 1.82) is 0 Å². The van der Waals surface area contributed by atoms with Gasteiger partial charge in [-0.2, -0.15) is 0 Å². The van der Waals surface area contributed by atoms with Crippen LogP contribution in [0.3, 0.4) is 0 Å². The number of hydrogen-bond acceptors (Lipinski definition) is 4. The maximum Gasteiger partial charge on any atom is 0.235 e. The van der Waals surface area contributed by atoms with Crippen molar-refractivity contribution in [2.24, 2.45) is 0 Å². The van der Waals surface area contributed by atoms with Crippen LogP contribution in [-0.2, 0) is 14.9 Å². The number of nitrogens with zero attached hydrogens (tertiary/aromatic N) is 1. The number of hydrogen-bond donors (Lipinski definition) is 1. The molecule has 4 rings (SSSR count). The number of rotatable bonds is 5. The number of anilines is 1. The van der Waals surface area contributed by atoms with Crippen LogP contribution in [0.15, 0.2) is 54.7 Å². The molecule has 1 aliphatic rings. The van der Waals surface area contributed by atoms with Gasteiger partial charge in [0.05, 0.1) is 17.2 Å². The van der Waals surface area contributed by atoms with Crippen molar-refractivity contribution in [2.75, 3.05) is 18.5 Å². The fraction of sp³-hybridized carbons (Fsp3) is 0.333. The van der Waals surface area contributed by atoms with Crippen LogP contribution in [0.2, 0.25) is 0 Å². The van der Waals surface area contributed by atoms with Gasteiger partial charge < -0.3 is 14.8 Å². The van der Waals surface area contributed by atoms with Crippen LogP contribution in [0.25, 0.3) is 10.9 Å². The minimum absolute atomic E-state index is 0.00205. The van der Waals surface area contributed by atoms with Gasteiger partial charge in [-0.05, 0) is 57.0 Å². The zero-order valence-corrected chi connectivity index (χ0v) is 17.2. The lowest BCUT2D eigenvalue weighted by Crippen LogP contribution is -2.45. The highest BCUT2D eigenvalue weighted by Crippen LogP contribution is 2.39. The zero-order chi connectivity index (χ0) is 21.1. The van der Waals surface area contributed by atoms with Crippen molar-refractivity contribution in [3.63, 3.8) is 0 Å². The number of fused-ring (bicyclic) bond motifs is 1. The number of ether oxygens (including phenoxy) is 2. The van der Waals surface area contributed by atoms with E-state index in [-0.39, 0.29) is 17.8 Å². The topological polar surface area (TPSA) is 60.5 Å². The molecule has 2 heterocycles. The third-order valence-electron chi connectivity index (χ3n) is 5.51. The van der Waals surface area contributed by atoms with Gasteiger partial charge in [0.15, 0.2) is 0 Å². The Balaban J connectivity index is 1.73. The molecule has 1 aliphatic heterocycles. The molecular formula is C24H25FN2O3. The van der Waals surface area contributed by atoms with E-state index in [4.69, 9.17) is 9.47 Å². The highest BCUT2D eigenvalue weighted by molar-refractivity contribution is 6.06.